The Morgan fingerprint density at radius 1 is 0.977 bits per heavy atom. The molecule has 9 nitrogen and oxygen atoms in total. The van der Waals surface area contributed by atoms with Gasteiger partial charge in [-0.1, -0.05) is 60.3 Å². The fourth-order valence-corrected chi connectivity index (χ4v) is 6.86. The molecule has 14 heteroatoms. The number of hydrogen-bond acceptors (Lipinski definition) is 7. The van der Waals surface area contributed by atoms with E-state index in [1.165, 1.54) is 33.1 Å². The molecule has 0 bridgehead atoms. The third kappa shape index (κ3) is 7.09. The number of alkyl halides is 3. The molecule has 0 unspecified atom stereocenters. The largest absolute Gasteiger partial charge is 0.416 e. The van der Waals surface area contributed by atoms with Crippen LogP contribution in [-0.2, 0) is 32.3 Å². The lowest BCUT2D eigenvalue weighted by molar-refractivity contribution is -0.137. The Morgan fingerprint density at radius 3 is 2.42 bits per heavy atom. The predicted molar refractivity (Wildman–Crippen MR) is 155 cm³/mol. The van der Waals surface area contributed by atoms with Crippen LogP contribution in [0.25, 0.3) is 17.1 Å². The monoisotopic (exact) mass is 631 g/mol. The Balaban J connectivity index is 1.49. The topological polar surface area (TPSA) is 97.6 Å². The highest BCUT2D eigenvalue weighted by atomic mass is 32.2. The van der Waals surface area contributed by atoms with E-state index in [-0.39, 0.29) is 59.5 Å². The van der Waals surface area contributed by atoms with Gasteiger partial charge in [-0.3, -0.25) is 9.36 Å². The van der Waals surface area contributed by atoms with Gasteiger partial charge in [0, 0.05) is 32.2 Å². The van der Waals surface area contributed by atoms with Crippen LogP contribution in [0.1, 0.15) is 11.1 Å². The molecule has 0 spiro atoms. The third-order valence-electron chi connectivity index (χ3n) is 6.78. The Hall–Kier alpha value is -3.72. The second-order valence-corrected chi connectivity index (χ2v) is 12.6. The minimum Gasteiger partial charge on any atom is -0.379 e. The van der Waals surface area contributed by atoms with Gasteiger partial charge in [0.15, 0.2) is 11.0 Å². The molecule has 2 heterocycles. The number of morpholine rings is 1. The molecule has 0 N–H and O–H groups in total. The smallest absolute Gasteiger partial charge is 0.379 e. The van der Waals surface area contributed by atoms with Crippen molar-refractivity contribution in [2.75, 3.05) is 39.1 Å². The van der Waals surface area contributed by atoms with E-state index in [2.05, 4.69) is 10.2 Å². The van der Waals surface area contributed by atoms with Crippen LogP contribution in [0.4, 0.5) is 13.2 Å². The molecule has 226 valence electrons. The lowest BCUT2D eigenvalue weighted by atomic mass is 10.1. The van der Waals surface area contributed by atoms with Crippen molar-refractivity contribution in [1.29, 1.82) is 0 Å². The number of thioether (sulfide) groups is 1. The summed E-state index contributed by atoms with van der Waals surface area (Å²) in [5.41, 5.74) is 0.523. The molecule has 1 saturated heterocycles. The molecule has 1 aliphatic rings. The molecular weight excluding hydrogens is 603 g/mol. The molecular formula is C29H28F3N5O4S2. The molecule has 0 atom stereocenters. The van der Waals surface area contributed by atoms with Crippen LogP contribution in [0.2, 0.25) is 0 Å². The second kappa shape index (κ2) is 12.9. The molecule has 1 fully saturated rings. The quantitative estimate of drug-likeness (QED) is 0.247. The average molecular weight is 632 g/mol. The maximum Gasteiger partial charge on any atom is 0.416 e. The Labute approximate surface area is 251 Å². The van der Waals surface area contributed by atoms with Crippen LogP contribution in [-0.4, -0.2) is 77.4 Å². The van der Waals surface area contributed by atoms with Gasteiger partial charge < -0.3 is 9.64 Å². The number of nitrogens with zero attached hydrogens (tertiary/aromatic N) is 5. The molecule has 1 aliphatic heterocycles. The van der Waals surface area contributed by atoms with E-state index < -0.39 is 21.8 Å². The number of sulfonamides is 1. The van der Waals surface area contributed by atoms with E-state index in [1.807, 2.05) is 30.3 Å². The summed E-state index contributed by atoms with van der Waals surface area (Å²) in [6, 6.07) is 20.1. The zero-order valence-corrected chi connectivity index (χ0v) is 24.7. The number of rotatable bonds is 9. The Morgan fingerprint density at radius 2 is 1.70 bits per heavy atom. The maximum absolute atomic E-state index is 13.6. The highest BCUT2D eigenvalue weighted by molar-refractivity contribution is 7.99. The molecule has 1 amide bonds. The first-order valence-corrected chi connectivity index (χ1v) is 15.7. The van der Waals surface area contributed by atoms with Gasteiger partial charge in [-0.25, -0.2) is 8.42 Å². The van der Waals surface area contributed by atoms with Gasteiger partial charge in [0.1, 0.15) is 0 Å². The molecule has 0 aliphatic carbocycles. The zero-order valence-electron chi connectivity index (χ0n) is 23.1. The van der Waals surface area contributed by atoms with Gasteiger partial charge in [-0.15, -0.1) is 10.2 Å². The van der Waals surface area contributed by atoms with Gasteiger partial charge in [-0.05, 0) is 35.9 Å². The van der Waals surface area contributed by atoms with E-state index in [4.69, 9.17) is 4.74 Å². The average Bonchev–Trinajstić information content (AvgIpc) is 3.44. The van der Waals surface area contributed by atoms with E-state index in [0.29, 0.717) is 12.1 Å². The van der Waals surface area contributed by atoms with Gasteiger partial charge in [0.05, 0.1) is 35.1 Å². The first-order chi connectivity index (χ1) is 20.5. The number of benzene rings is 3. The summed E-state index contributed by atoms with van der Waals surface area (Å²) in [6.45, 7) is 1.36. The van der Waals surface area contributed by atoms with Crippen LogP contribution in [0.5, 0.6) is 0 Å². The minimum absolute atomic E-state index is 0.0115. The number of amides is 1. The summed E-state index contributed by atoms with van der Waals surface area (Å²) in [6.07, 6.45) is -4.60. The molecule has 1 aromatic heterocycles. The van der Waals surface area contributed by atoms with Gasteiger partial charge in [0.2, 0.25) is 15.9 Å². The lowest BCUT2D eigenvalue weighted by Gasteiger charge is -2.26. The third-order valence-corrected chi connectivity index (χ3v) is 9.59. The summed E-state index contributed by atoms with van der Waals surface area (Å²) < 4.78 is 75.6. The zero-order chi connectivity index (χ0) is 30.6. The second-order valence-electron chi connectivity index (χ2n) is 9.76. The summed E-state index contributed by atoms with van der Waals surface area (Å²) in [5, 5.41) is 8.62. The first-order valence-electron chi connectivity index (χ1n) is 13.3. The fraction of sp³-hybridized carbons (Fsp3) is 0.276. The highest BCUT2D eigenvalue weighted by Gasteiger charge is 2.31. The number of ether oxygens (including phenoxy) is 1. The number of halogens is 3. The SMILES string of the molecule is CN(Cc1ccccc1)C(=O)CSc1nnc(-c2cccc(S(=O)(=O)N3CCOCC3)c2)n1-c1cccc(C(F)(F)F)c1. The van der Waals surface area contributed by atoms with E-state index in [9.17, 15) is 26.4 Å². The van der Waals surface area contributed by atoms with Crippen molar-refractivity contribution >= 4 is 27.7 Å². The molecule has 0 radical (unpaired) electrons. The summed E-state index contributed by atoms with van der Waals surface area (Å²) in [5.74, 6) is -0.134. The predicted octanol–water partition coefficient (Wildman–Crippen LogP) is 4.72. The number of carbonyl (C=O) groups excluding carboxylic acids is 1. The molecule has 3 aromatic carbocycles. The van der Waals surface area contributed by atoms with E-state index in [1.54, 1.807) is 24.1 Å². The van der Waals surface area contributed by atoms with Crippen molar-refractivity contribution in [2.24, 2.45) is 0 Å². The van der Waals surface area contributed by atoms with Gasteiger partial charge in [0.25, 0.3) is 0 Å². The van der Waals surface area contributed by atoms with E-state index in [0.717, 1.165) is 29.5 Å². The molecule has 5 rings (SSSR count). The minimum atomic E-state index is -4.60. The molecule has 0 saturated carbocycles. The van der Waals surface area contributed by atoms with Crippen LogP contribution < -0.4 is 0 Å². The van der Waals surface area contributed by atoms with Crippen molar-refractivity contribution in [3.63, 3.8) is 0 Å². The maximum atomic E-state index is 13.6. The summed E-state index contributed by atoms with van der Waals surface area (Å²) in [7, 11) is -2.19. The molecule has 4 aromatic rings. The van der Waals surface area contributed by atoms with Crippen molar-refractivity contribution in [3.8, 4) is 17.1 Å². The van der Waals surface area contributed by atoms with Crippen LogP contribution in [0.3, 0.4) is 0 Å². The normalized spacial score (nSPS) is 14.5. The van der Waals surface area contributed by atoms with Crippen molar-refractivity contribution < 1.29 is 31.1 Å². The standard InChI is InChI=1S/C29H28F3N5O4S2/c1-35(19-21-7-3-2-4-8-21)26(38)20-42-28-34-33-27(37(28)24-11-6-10-23(18-24)29(30,31)32)22-9-5-12-25(17-22)43(39,40)36-13-15-41-16-14-36/h2-12,17-18H,13-16,19-20H2,1H3. The number of aromatic nitrogens is 3. The van der Waals surface area contributed by atoms with Crippen LogP contribution in [0, 0.1) is 0 Å². The highest BCUT2D eigenvalue weighted by Crippen LogP contribution is 2.34. The number of hydrogen-bond donors (Lipinski definition) is 0. The fourth-order valence-electron chi connectivity index (χ4n) is 4.52. The Bertz CT molecular complexity index is 1690. The summed E-state index contributed by atoms with van der Waals surface area (Å²) in [4.78, 5) is 14.5. The number of carbonyl (C=O) groups is 1. The lowest BCUT2D eigenvalue weighted by Crippen LogP contribution is -2.40. The van der Waals surface area contributed by atoms with Crippen molar-refractivity contribution in [1.82, 2.24) is 24.0 Å². The summed E-state index contributed by atoms with van der Waals surface area (Å²) >= 11 is 1.03. The Kier molecular flexibility index (Phi) is 9.20. The van der Waals surface area contributed by atoms with Crippen LogP contribution in [0.15, 0.2) is 88.9 Å². The first kappa shape index (κ1) is 30.7. The molecule has 43 heavy (non-hydrogen) atoms. The van der Waals surface area contributed by atoms with Crippen molar-refractivity contribution in [3.05, 3.63) is 90.0 Å². The van der Waals surface area contributed by atoms with Gasteiger partial charge >= 0.3 is 6.18 Å². The van der Waals surface area contributed by atoms with Crippen molar-refractivity contribution in [2.45, 2.75) is 22.8 Å². The van der Waals surface area contributed by atoms with E-state index >= 15 is 0 Å². The van der Waals surface area contributed by atoms with Crippen LogP contribution >= 0.6 is 11.8 Å². The van der Waals surface area contributed by atoms with Gasteiger partial charge in [-0.2, -0.15) is 17.5 Å².